The standard InChI is InChI=1S/C15H30N2O2/c1-7-16-13(11(2)3)12-8-9-17(10-12)14(18)19-15(4,5)6/h11-13,16H,7-10H2,1-6H3. The van der Waals surface area contributed by atoms with Crippen molar-refractivity contribution in [1.82, 2.24) is 10.2 Å². The Labute approximate surface area is 117 Å². The number of hydrogen-bond donors (Lipinski definition) is 1. The molecule has 2 atom stereocenters. The first-order valence-corrected chi connectivity index (χ1v) is 7.46. The summed E-state index contributed by atoms with van der Waals surface area (Å²) in [5, 5.41) is 3.55. The highest BCUT2D eigenvalue weighted by Crippen LogP contribution is 2.25. The van der Waals surface area contributed by atoms with Crippen LogP contribution < -0.4 is 5.32 Å². The van der Waals surface area contributed by atoms with Gasteiger partial charge in [0.2, 0.25) is 0 Å². The Morgan fingerprint density at radius 3 is 2.53 bits per heavy atom. The maximum Gasteiger partial charge on any atom is 0.410 e. The van der Waals surface area contributed by atoms with Gasteiger partial charge in [0, 0.05) is 19.1 Å². The fourth-order valence-electron chi connectivity index (χ4n) is 2.76. The van der Waals surface area contributed by atoms with Gasteiger partial charge in [0.05, 0.1) is 0 Å². The highest BCUT2D eigenvalue weighted by molar-refractivity contribution is 5.68. The largest absolute Gasteiger partial charge is 0.444 e. The van der Waals surface area contributed by atoms with E-state index in [-0.39, 0.29) is 6.09 Å². The van der Waals surface area contributed by atoms with Gasteiger partial charge in [-0.3, -0.25) is 0 Å². The molecule has 19 heavy (non-hydrogen) atoms. The monoisotopic (exact) mass is 270 g/mol. The Balaban J connectivity index is 2.54. The Hall–Kier alpha value is -0.770. The van der Waals surface area contributed by atoms with Crippen LogP contribution in [0.15, 0.2) is 0 Å². The molecule has 0 saturated carbocycles. The second kappa shape index (κ2) is 6.60. The number of carbonyl (C=O) groups is 1. The van der Waals surface area contributed by atoms with Crippen molar-refractivity contribution in [2.45, 2.75) is 59.6 Å². The first-order chi connectivity index (χ1) is 8.74. The second-order valence-corrected chi connectivity index (χ2v) is 6.80. The van der Waals surface area contributed by atoms with Crippen LogP contribution in [-0.4, -0.2) is 42.3 Å². The van der Waals surface area contributed by atoms with Gasteiger partial charge in [-0.1, -0.05) is 20.8 Å². The molecule has 4 heteroatoms. The van der Waals surface area contributed by atoms with Crippen molar-refractivity contribution in [3.05, 3.63) is 0 Å². The summed E-state index contributed by atoms with van der Waals surface area (Å²) in [6.45, 7) is 14.9. The first-order valence-electron chi connectivity index (χ1n) is 7.46. The van der Waals surface area contributed by atoms with Crippen molar-refractivity contribution in [2.75, 3.05) is 19.6 Å². The SMILES string of the molecule is CCNC(C(C)C)C1CCN(C(=O)OC(C)(C)C)C1. The predicted molar refractivity (Wildman–Crippen MR) is 78.2 cm³/mol. The van der Waals surface area contributed by atoms with Gasteiger partial charge in [0.1, 0.15) is 5.60 Å². The van der Waals surface area contributed by atoms with E-state index < -0.39 is 5.60 Å². The van der Waals surface area contributed by atoms with Gasteiger partial charge >= 0.3 is 6.09 Å². The molecule has 112 valence electrons. The van der Waals surface area contributed by atoms with Crippen LogP contribution in [0.3, 0.4) is 0 Å². The van der Waals surface area contributed by atoms with Crippen molar-refractivity contribution < 1.29 is 9.53 Å². The van der Waals surface area contributed by atoms with E-state index in [1.807, 2.05) is 25.7 Å². The molecule has 4 nitrogen and oxygen atoms in total. The Bertz CT molecular complexity index is 297. The van der Waals surface area contributed by atoms with Gasteiger partial charge in [-0.05, 0) is 45.6 Å². The normalized spacial score (nSPS) is 21.8. The van der Waals surface area contributed by atoms with Crippen molar-refractivity contribution >= 4 is 6.09 Å². The van der Waals surface area contributed by atoms with E-state index in [4.69, 9.17) is 4.74 Å². The second-order valence-electron chi connectivity index (χ2n) is 6.80. The quantitative estimate of drug-likeness (QED) is 0.854. The number of hydrogen-bond acceptors (Lipinski definition) is 3. The van der Waals surface area contributed by atoms with Gasteiger partial charge in [0.25, 0.3) is 0 Å². The minimum absolute atomic E-state index is 0.172. The predicted octanol–water partition coefficient (Wildman–Crippen LogP) is 2.88. The van der Waals surface area contributed by atoms with Crippen LogP contribution in [0.1, 0.15) is 48.0 Å². The van der Waals surface area contributed by atoms with Crippen molar-refractivity contribution in [1.29, 1.82) is 0 Å². The lowest BCUT2D eigenvalue weighted by Gasteiger charge is -2.29. The van der Waals surface area contributed by atoms with Gasteiger partial charge in [-0.2, -0.15) is 0 Å². The molecule has 0 aliphatic carbocycles. The average molecular weight is 270 g/mol. The minimum atomic E-state index is -0.408. The average Bonchev–Trinajstić information content (AvgIpc) is 2.72. The summed E-state index contributed by atoms with van der Waals surface area (Å²) in [6, 6.07) is 0.484. The Morgan fingerprint density at radius 2 is 2.05 bits per heavy atom. The van der Waals surface area contributed by atoms with Gasteiger partial charge in [-0.25, -0.2) is 4.79 Å². The van der Waals surface area contributed by atoms with Crippen molar-refractivity contribution in [3.63, 3.8) is 0 Å². The lowest BCUT2D eigenvalue weighted by Crippen LogP contribution is -2.42. The van der Waals surface area contributed by atoms with E-state index in [1.165, 1.54) is 0 Å². The van der Waals surface area contributed by atoms with Crippen LogP contribution in [0.2, 0.25) is 0 Å². The zero-order valence-electron chi connectivity index (χ0n) is 13.3. The molecule has 1 saturated heterocycles. The van der Waals surface area contributed by atoms with E-state index >= 15 is 0 Å². The van der Waals surface area contributed by atoms with Crippen LogP contribution in [0.5, 0.6) is 0 Å². The molecule has 0 aromatic heterocycles. The van der Waals surface area contributed by atoms with E-state index in [0.717, 1.165) is 26.1 Å². The molecule has 0 radical (unpaired) electrons. The molecule has 1 amide bonds. The summed E-state index contributed by atoms with van der Waals surface area (Å²) in [4.78, 5) is 13.9. The van der Waals surface area contributed by atoms with Gasteiger partial charge in [-0.15, -0.1) is 0 Å². The third-order valence-electron chi connectivity index (χ3n) is 3.54. The van der Waals surface area contributed by atoms with Gasteiger partial charge < -0.3 is 15.0 Å². The lowest BCUT2D eigenvalue weighted by atomic mass is 9.90. The molecular formula is C15H30N2O2. The van der Waals surface area contributed by atoms with Gasteiger partial charge in [0.15, 0.2) is 0 Å². The summed E-state index contributed by atoms with van der Waals surface area (Å²) >= 11 is 0. The van der Waals surface area contributed by atoms with Crippen LogP contribution in [0.25, 0.3) is 0 Å². The maximum absolute atomic E-state index is 12.0. The van der Waals surface area contributed by atoms with Crippen LogP contribution >= 0.6 is 0 Å². The Kier molecular flexibility index (Phi) is 5.65. The summed E-state index contributed by atoms with van der Waals surface area (Å²) in [6.07, 6.45) is 0.892. The molecule has 0 bridgehead atoms. The van der Waals surface area contributed by atoms with Crippen molar-refractivity contribution in [2.24, 2.45) is 11.8 Å². The number of carbonyl (C=O) groups excluding carboxylic acids is 1. The summed E-state index contributed by atoms with van der Waals surface area (Å²) < 4.78 is 5.44. The van der Waals surface area contributed by atoms with E-state index in [1.54, 1.807) is 0 Å². The van der Waals surface area contributed by atoms with Crippen LogP contribution in [-0.2, 0) is 4.74 Å². The molecule has 1 fully saturated rings. The molecule has 1 aliphatic rings. The van der Waals surface area contributed by atoms with Crippen molar-refractivity contribution in [3.8, 4) is 0 Å². The summed E-state index contributed by atoms with van der Waals surface area (Å²) in [5.41, 5.74) is -0.408. The highest BCUT2D eigenvalue weighted by Gasteiger charge is 2.34. The zero-order chi connectivity index (χ0) is 14.6. The van der Waals surface area contributed by atoms with Crippen LogP contribution in [0.4, 0.5) is 4.79 Å². The Morgan fingerprint density at radius 1 is 1.42 bits per heavy atom. The maximum atomic E-state index is 12.0. The molecule has 0 aromatic carbocycles. The highest BCUT2D eigenvalue weighted by atomic mass is 16.6. The fraction of sp³-hybridized carbons (Fsp3) is 0.933. The number of ether oxygens (including phenoxy) is 1. The first kappa shape index (κ1) is 16.3. The summed E-state index contributed by atoms with van der Waals surface area (Å²) in [7, 11) is 0. The molecular weight excluding hydrogens is 240 g/mol. The molecule has 1 heterocycles. The lowest BCUT2D eigenvalue weighted by molar-refractivity contribution is 0.0283. The molecule has 1 N–H and O–H groups in total. The topological polar surface area (TPSA) is 41.6 Å². The number of rotatable bonds is 4. The number of nitrogens with zero attached hydrogens (tertiary/aromatic N) is 1. The van der Waals surface area contributed by atoms with Crippen LogP contribution in [0, 0.1) is 11.8 Å². The smallest absolute Gasteiger partial charge is 0.410 e. The molecule has 0 aromatic rings. The van der Waals surface area contributed by atoms with E-state index in [0.29, 0.717) is 17.9 Å². The third-order valence-corrected chi connectivity index (χ3v) is 3.54. The fourth-order valence-corrected chi connectivity index (χ4v) is 2.76. The molecule has 1 aliphatic heterocycles. The molecule has 2 unspecified atom stereocenters. The third kappa shape index (κ3) is 5.01. The van der Waals surface area contributed by atoms with E-state index in [2.05, 4.69) is 26.1 Å². The minimum Gasteiger partial charge on any atom is -0.444 e. The number of likely N-dealkylation sites (tertiary alicyclic amines) is 1. The number of nitrogens with one attached hydrogen (secondary N) is 1. The number of amides is 1. The zero-order valence-corrected chi connectivity index (χ0v) is 13.3. The summed E-state index contributed by atoms with van der Waals surface area (Å²) in [5.74, 6) is 1.12. The molecule has 0 spiro atoms. The molecule has 1 rings (SSSR count). The van der Waals surface area contributed by atoms with E-state index in [9.17, 15) is 4.79 Å².